The van der Waals surface area contributed by atoms with E-state index in [9.17, 15) is 18.8 Å². The molecule has 1 aromatic heterocycles. The third-order valence-electron chi connectivity index (χ3n) is 5.73. The number of aromatic amines is 1. The normalized spacial score (nSPS) is 14.3. The zero-order chi connectivity index (χ0) is 22.5. The zero-order valence-electron chi connectivity index (χ0n) is 17.6. The number of nitrogens with one attached hydrogen (secondary N) is 3. The summed E-state index contributed by atoms with van der Waals surface area (Å²) in [5, 5.41) is 5.86. The Hall–Kier alpha value is -3.55. The highest BCUT2D eigenvalue weighted by Crippen LogP contribution is 2.26. The molecule has 0 radical (unpaired) electrons. The fourth-order valence-corrected chi connectivity index (χ4v) is 4.01. The molecule has 1 saturated carbocycles. The maximum absolute atomic E-state index is 14.2. The number of anilines is 2. The molecule has 2 aromatic carbocycles. The highest BCUT2D eigenvalue weighted by Gasteiger charge is 2.22. The minimum atomic E-state index is -0.551. The Balaban J connectivity index is 1.37. The van der Waals surface area contributed by atoms with Crippen LogP contribution in [0.5, 0.6) is 0 Å². The van der Waals surface area contributed by atoms with Crippen LogP contribution in [-0.2, 0) is 16.0 Å². The molecule has 0 atom stereocenters. The molecule has 1 heterocycles. The Labute approximate surface area is 184 Å². The Morgan fingerprint density at radius 2 is 1.84 bits per heavy atom. The van der Waals surface area contributed by atoms with E-state index in [1.165, 1.54) is 18.2 Å². The number of rotatable bonds is 6. The van der Waals surface area contributed by atoms with Gasteiger partial charge in [-0.25, -0.2) is 9.37 Å². The number of aryl methyl sites for hydroxylation is 1. The first-order valence-electron chi connectivity index (χ1n) is 10.9. The van der Waals surface area contributed by atoms with E-state index >= 15 is 0 Å². The summed E-state index contributed by atoms with van der Waals surface area (Å²) < 4.78 is 14.2. The van der Waals surface area contributed by atoms with Crippen LogP contribution < -0.4 is 16.2 Å². The van der Waals surface area contributed by atoms with Gasteiger partial charge in [0.05, 0.1) is 16.6 Å². The minimum Gasteiger partial charge on any atom is -0.326 e. The van der Waals surface area contributed by atoms with E-state index < -0.39 is 5.82 Å². The van der Waals surface area contributed by atoms with Crippen molar-refractivity contribution >= 4 is 34.1 Å². The van der Waals surface area contributed by atoms with Gasteiger partial charge in [0.2, 0.25) is 11.8 Å². The first-order chi connectivity index (χ1) is 15.5. The van der Waals surface area contributed by atoms with Crippen molar-refractivity contribution in [1.29, 1.82) is 0 Å². The lowest BCUT2D eigenvalue weighted by Crippen LogP contribution is -2.25. The van der Waals surface area contributed by atoms with Crippen molar-refractivity contribution in [2.45, 2.75) is 44.9 Å². The summed E-state index contributed by atoms with van der Waals surface area (Å²) in [6, 6.07) is 11.1. The van der Waals surface area contributed by atoms with Crippen LogP contribution in [0.15, 0.2) is 47.3 Å². The predicted octanol–water partition coefficient (Wildman–Crippen LogP) is 4.15. The molecule has 4 rings (SSSR count). The average molecular weight is 436 g/mol. The molecule has 3 N–H and O–H groups in total. The molecule has 0 unspecified atom stereocenters. The molecule has 0 bridgehead atoms. The summed E-state index contributed by atoms with van der Waals surface area (Å²) in [4.78, 5) is 44.0. The van der Waals surface area contributed by atoms with Crippen LogP contribution in [0.2, 0.25) is 0 Å². The van der Waals surface area contributed by atoms with Gasteiger partial charge in [-0.05, 0) is 43.2 Å². The number of aromatic nitrogens is 2. The van der Waals surface area contributed by atoms with Crippen LogP contribution in [0.1, 0.15) is 44.3 Å². The van der Waals surface area contributed by atoms with Crippen molar-refractivity contribution in [3.05, 3.63) is 64.5 Å². The molecule has 166 valence electrons. The van der Waals surface area contributed by atoms with Gasteiger partial charge in [0, 0.05) is 24.4 Å². The van der Waals surface area contributed by atoms with Crippen molar-refractivity contribution in [1.82, 2.24) is 9.97 Å². The number of benzene rings is 2. The fraction of sp³-hybridized carbons (Fsp3) is 0.333. The first kappa shape index (κ1) is 21.7. The molecule has 7 nitrogen and oxygen atoms in total. The molecule has 3 aromatic rings. The van der Waals surface area contributed by atoms with E-state index in [0.717, 1.165) is 32.1 Å². The summed E-state index contributed by atoms with van der Waals surface area (Å²) in [7, 11) is 0. The quantitative estimate of drug-likeness (QED) is 0.540. The van der Waals surface area contributed by atoms with E-state index in [4.69, 9.17) is 0 Å². The van der Waals surface area contributed by atoms with E-state index in [1.807, 2.05) is 0 Å². The fourth-order valence-electron chi connectivity index (χ4n) is 4.01. The second kappa shape index (κ2) is 9.72. The predicted molar refractivity (Wildman–Crippen MR) is 121 cm³/mol. The van der Waals surface area contributed by atoms with Crippen LogP contribution in [0.3, 0.4) is 0 Å². The van der Waals surface area contributed by atoms with E-state index in [1.54, 1.807) is 24.3 Å². The van der Waals surface area contributed by atoms with Crippen molar-refractivity contribution in [2.75, 3.05) is 10.6 Å². The van der Waals surface area contributed by atoms with Gasteiger partial charge >= 0.3 is 0 Å². The van der Waals surface area contributed by atoms with Gasteiger partial charge < -0.3 is 15.6 Å². The highest BCUT2D eigenvalue weighted by molar-refractivity contribution is 5.95. The van der Waals surface area contributed by atoms with E-state index in [0.29, 0.717) is 22.4 Å². The lowest BCUT2D eigenvalue weighted by atomic mass is 9.88. The maximum atomic E-state index is 14.2. The Bertz CT molecular complexity index is 1200. The zero-order valence-corrected chi connectivity index (χ0v) is 17.6. The average Bonchev–Trinajstić information content (AvgIpc) is 2.80. The smallest absolute Gasteiger partial charge is 0.258 e. The van der Waals surface area contributed by atoms with Gasteiger partial charge in [0.25, 0.3) is 5.56 Å². The molecular formula is C24H25FN4O3. The van der Waals surface area contributed by atoms with Gasteiger partial charge in [-0.15, -0.1) is 0 Å². The minimum absolute atomic E-state index is 0.0545. The SMILES string of the molecule is O=C(CCc1nc2ccccc2c(=O)[nH]1)Nc1ccc(F)c(NC(=O)C2CCCCC2)c1. The Kier molecular flexibility index (Phi) is 6.58. The molecular weight excluding hydrogens is 411 g/mol. The number of halogens is 1. The highest BCUT2D eigenvalue weighted by atomic mass is 19.1. The maximum Gasteiger partial charge on any atom is 0.258 e. The molecule has 8 heteroatoms. The number of para-hydroxylation sites is 1. The molecule has 0 aliphatic heterocycles. The summed E-state index contributed by atoms with van der Waals surface area (Å²) in [6.07, 6.45) is 5.11. The Morgan fingerprint density at radius 3 is 2.66 bits per heavy atom. The van der Waals surface area contributed by atoms with Gasteiger partial charge in [-0.2, -0.15) is 0 Å². The Morgan fingerprint density at radius 1 is 1.06 bits per heavy atom. The van der Waals surface area contributed by atoms with Crippen LogP contribution in [0.25, 0.3) is 10.9 Å². The number of hydrogen-bond donors (Lipinski definition) is 3. The van der Waals surface area contributed by atoms with Crippen molar-refractivity contribution in [3.8, 4) is 0 Å². The van der Waals surface area contributed by atoms with E-state index in [2.05, 4.69) is 20.6 Å². The topological polar surface area (TPSA) is 104 Å². The molecule has 2 amide bonds. The summed E-state index contributed by atoms with van der Waals surface area (Å²) in [5.74, 6) is -0.720. The molecule has 0 spiro atoms. The van der Waals surface area contributed by atoms with Crippen LogP contribution in [0.4, 0.5) is 15.8 Å². The summed E-state index contributed by atoms with van der Waals surface area (Å²) in [6.45, 7) is 0. The lowest BCUT2D eigenvalue weighted by Gasteiger charge is -2.21. The van der Waals surface area contributed by atoms with E-state index in [-0.39, 0.29) is 41.8 Å². The van der Waals surface area contributed by atoms with Crippen LogP contribution in [0, 0.1) is 11.7 Å². The number of fused-ring (bicyclic) bond motifs is 1. The van der Waals surface area contributed by atoms with Crippen molar-refractivity contribution in [3.63, 3.8) is 0 Å². The second-order valence-electron chi connectivity index (χ2n) is 8.10. The van der Waals surface area contributed by atoms with Gasteiger partial charge in [-0.3, -0.25) is 14.4 Å². The first-order valence-corrected chi connectivity index (χ1v) is 10.9. The number of hydrogen-bond acceptors (Lipinski definition) is 4. The number of H-pyrrole nitrogens is 1. The molecule has 1 aliphatic rings. The second-order valence-corrected chi connectivity index (χ2v) is 8.10. The largest absolute Gasteiger partial charge is 0.326 e. The third kappa shape index (κ3) is 5.19. The summed E-state index contributed by atoms with van der Waals surface area (Å²) >= 11 is 0. The number of amides is 2. The molecule has 1 aliphatic carbocycles. The molecule has 32 heavy (non-hydrogen) atoms. The van der Waals surface area contributed by atoms with Crippen molar-refractivity contribution < 1.29 is 14.0 Å². The molecule has 0 saturated heterocycles. The summed E-state index contributed by atoms with van der Waals surface area (Å²) in [5.41, 5.74) is 0.764. The monoisotopic (exact) mass is 436 g/mol. The van der Waals surface area contributed by atoms with Crippen LogP contribution in [-0.4, -0.2) is 21.8 Å². The standard InChI is InChI=1S/C24H25FN4O3/c25-18-11-10-16(14-20(18)28-23(31)15-6-2-1-3-7-15)26-22(30)13-12-21-27-19-9-5-4-8-17(19)24(32)29-21/h4-5,8-11,14-15H,1-3,6-7,12-13H2,(H,26,30)(H,28,31)(H,27,29,32). The van der Waals surface area contributed by atoms with Crippen LogP contribution >= 0.6 is 0 Å². The van der Waals surface area contributed by atoms with Crippen molar-refractivity contribution in [2.24, 2.45) is 5.92 Å². The number of carbonyl (C=O) groups excluding carboxylic acids is 2. The number of carbonyl (C=O) groups is 2. The number of nitrogens with zero attached hydrogens (tertiary/aromatic N) is 1. The molecule has 1 fully saturated rings. The lowest BCUT2D eigenvalue weighted by molar-refractivity contribution is -0.120. The van der Waals surface area contributed by atoms with Gasteiger partial charge in [0.1, 0.15) is 11.6 Å². The van der Waals surface area contributed by atoms with Gasteiger partial charge in [0.15, 0.2) is 0 Å². The van der Waals surface area contributed by atoms with Gasteiger partial charge in [-0.1, -0.05) is 31.4 Å². The third-order valence-corrected chi connectivity index (χ3v) is 5.73.